The molecule has 1 aromatic rings. The van der Waals surface area contributed by atoms with Gasteiger partial charge in [0.05, 0.1) is 4.47 Å². The summed E-state index contributed by atoms with van der Waals surface area (Å²) < 4.78 is 14.2. The molecule has 3 aliphatic heterocycles. The summed E-state index contributed by atoms with van der Waals surface area (Å²) in [6.45, 7) is 3.88. The van der Waals surface area contributed by atoms with Gasteiger partial charge >= 0.3 is 0 Å². The van der Waals surface area contributed by atoms with Gasteiger partial charge < -0.3 is 5.32 Å². The Labute approximate surface area is 138 Å². The van der Waals surface area contributed by atoms with Crippen LogP contribution in [0.2, 0.25) is 0 Å². The molecule has 3 aliphatic rings. The quantitative estimate of drug-likeness (QED) is 0.827. The molecular formula is C17H19BrFN3. The molecule has 3 nitrogen and oxygen atoms in total. The highest BCUT2D eigenvalue weighted by Gasteiger charge is 2.38. The molecular weight excluding hydrogens is 345 g/mol. The Balaban J connectivity index is 1.81. The van der Waals surface area contributed by atoms with Crippen molar-refractivity contribution in [1.82, 2.24) is 15.1 Å². The predicted molar refractivity (Wildman–Crippen MR) is 89.0 cm³/mol. The maximum atomic E-state index is 13.6. The van der Waals surface area contributed by atoms with Gasteiger partial charge in [-0.1, -0.05) is 6.07 Å². The van der Waals surface area contributed by atoms with Crippen LogP contribution in [0.5, 0.6) is 0 Å². The summed E-state index contributed by atoms with van der Waals surface area (Å²) in [5, 5.41) is 3.65. The van der Waals surface area contributed by atoms with E-state index in [1.54, 1.807) is 6.07 Å². The van der Waals surface area contributed by atoms with Gasteiger partial charge in [-0.2, -0.15) is 0 Å². The van der Waals surface area contributed by atoms with Gasteiger partial charge in [0.25, 0.3) is 0 Å². The Morgan fingerprint density at radius 2 is 1.64 bits per heavy atom. The van der Waals surface area contributed by atoms with Gasteiger partial charge in [0, 0.05) is 43.5 Å². The average Bonchev–Trinajstić information content (AvgIpc) is 2.99. The van der Waals surface area contributed by atoms with Crippen LogP contribution in [0.15, 0.2) is 45.2 Å². The number of likely N-dealkylation sites (N-methyl/N-ethyl adjacent to an activating group) is 2. The maximum Gasteiger partial charge on any atom is 0.137 e. The Morgan fingerprint density at radius 3 is 2.18 bits per heavy atom. The van der Waals surface area contributed by atoms with Crippen LogP contribution in [0, 0.1) is 5.82 Å². The van der Waals surface area contributed by atoms with Crippen LogP contribution in [0.3, 0.4) is 0 Å². The number of nitrogens with zero attached hydrogens (tertiary/aromatic N) is 2. The Morgan fingerprint density at radius 1 is 1.05 bits per heavy atom. The van der Waals surface area contributed by atoms with E-state index in [1.807, 2.05) is 12.1 Å². The van der Waals surface area contributed by atoms with E-state index >= 15 is 0 Å². The lowest BCUT2D eigenvalue weighted by molar-refractivity contribution is 0.404. The summed E-state index contributed by atoms with van der Waals surface area (Å²) in [6, 6.07) is 5.44. The molecule has 116 valence electrons. The van der Waals surface area contributed by atoms with Crippen LogP contribution >= 0.6 is 15.9 Å². The number of halogens is 2. The summed E-state index contributed by atoms with van der Waals surface area (Å²) >= 11 is 3.34. The van der Waals surface area contributed by atoms with Crippen molar-refractivity contribution >= 4 is 15.9 Å². The van der Waals surface area contributed by atoms with E-state index in [-0.39, 0.29) is 11.7 Å². The van der Waals surface area contributed by atoms with Gasteiger partial charge in [-0.15, -0.1) is 0 Å². The van der Waals surface area contributed by atoms with Crippen LogP contribution in [0.4, 0.5) is 4.39 Å². The topological polar surface area (TPSA) is 18.5 Å². The molecule has 0 spiro atoms. The smallest absolute Gasteiger partial charge is 0.137 e. The minimum Gasteiger partial charge on any atom is -0.360 e. The van der Waals surface area contributed by atoms with Crippen molar-refractivity contribution in [3.8, 4) is 0 Å². The fraction of sp³-hybridized carbons (Fsp3) is 0.412. The zero-order valence-electron chi connectivity index (χ0n) is 12.8. The lowest BCUT2D eigenvalue weighted by Gasteiger charge is -2.28. The molecule has 4 rings (SSSR count). The number of rotatable bonds is 1. The van der Waals surface area contributed by atoms with E-state index in [2.05, 4.69) is 45.1 Å². The molecule has 0 amide bonds. The number of nitrogens with one attached hydrogen (secondary N) is 1. The van der Waals surface area contributed by atoms with Gasteiger partial charge in [0.15, 0.2) is 0 Å². The highest BCUT2D eigenvalue weighted by Crippen LogP contribution is 2.43. The van der Waals surface area contributed by atoms with Crippen LogP contribution in [-0.2, 0) is 0 Å². The van der Waals surface area contributed by atoms with E-state index in [0.717, 1.165) is 26.2 Å². The minimum atomic E-state index is -0.201. The van der Waals surface area contributed by atoms with E-state index in [4.69, 9.17) is 0 Å². The number of benzene rings is 1. The fourth-order valence-corrected chi connectivity index (χ4v) is 4.28. The number of dihydropyridines is 1. The summed E-state index contributed by atoms with van der Waals surface area (Å²) in [7, 11) is 4.30. The Kier molecular flexibility index (Phi) is 3.40. The van der Waals surface area contributed by atoms with Gasteiger partial charge in [-0.05, 0) is 58.9 Å². The van der Waals surface area contributed by atoms with E-state index in [0.29, 0.717) is 4.47 Å². The average molecular weight is 364 g/mol. The van der Waals surface area contributed by atoms with Crippen molar-refractivity contribution in [3.05, 3.63) is 56.6 Å². The molecule has 1 aromatic carbocycles. The zero-order valence-corrected chi connectivity index (χ0v) is 14.4. The summed E-state index contributed by atoms with van der Waals surface area (Å²) in [6.07, 6.45) is 0. The monoisotopic (exact) mass is 363 g/mol. The fourth-order valence-electron chi connectivity index (χ4n) is 3.88. The van der Waals surface area contributed by atoms with Crippen LogP contribution in [0.25, 0.3) is 0 Å². The highest BCUT2D eigenvalue weighted by atomic mass is 79.9. The van der Waals surface area contributed by atoms with Gasteiger partial charge in [-0.3, -0.25) is 9.80 Å². The van der Waals surface area contributed by atoms with Gasteiger partial charge in [0.2, 0.25) is 0 Å². The van der Waals surface area contributed by atoms with Crippen LogP contribution < -0.4 is 5.32 Å². The molecule has 0 saturated carbocycles. The normalized spacial score (nSPS) is 23.1. The van der Waals surface area contributed by atoms with Crippen molar-refractivity contribution in [1.29, 1.82) is 0 Å². The lowest BCUT2D eigenvalue weighted by Crippen LogP contribution is -2.26. The second-order valence-electron chi connectivity index (χ2n) is 6.58. The summed E-state index contributed by atoms with van der Waals surface area (Å²) in [5.74, 6) is 0.0752. The third-order valence-corrected chi connectivity index (χ3v) is 5.40. The van der Waals surface area contributed by atoms with E-state index in [1.165, 1.54) is 28.1 Å². The molecule has 1 N–H and O–H groups in total. The lowest BCUT2D eigenvalue weighted by atomic mass is 9.82. The van der Waals surface area contributed by atoms with Gasteiger partial charge in [0.1, 0.15) is 5.82 Å². The third-order valence-electron chi connectivity index (χ3n) is 4.79. The maximum absolute atomic E-state index is 13.6. The SMILES string of the molecule is CN1CC2=C(C1)C(c1ccc(F)c(Br)c1)C1=C(CN(C)C1)N2. The highest BCUT2D eigenvalue weighted by molar-refractivity contribution is 9.10. The van der Waals surface area contributed by atoms with Crippen LogP contribution in [0.1, 0.15) is 11.5 Å². The molecule has 0 unspecified atom stereocenters. The first kappa shape index (κ1) is 14.4. The standard InChI is InChI=1S/C17H19BrFN3/c1-21-6-11-15(8-21)20-16-9-22(2)7-12(16)17(11)10-3-4-14(19)13(18)5-10/h3-5,17,20H,6-9H2,1-2H3. The van der Waals surface area contributed by atoms with E-state index < -0.39 is 0 Å². The molecule has 0 radical (unpaired) electrons. The van der Waals surface area contributed by atoms with Crippen molar-refractivity contribution in [2.45, 2.75) is 5.92 Å². The second-order valence-corrected chi connectivity index (χ2v) is 7.44. The Hall–Kier alpha value is -1.17. The van der Waals surface area contributed by atoms with E-state index in [9.17, 15) is 4.39 Å². The number of hydrogen-bond donors (Lipinski definition) is 1. The zero-order chi connectivity index (χ0) is 15.4. The largest absolute Gasteiger partial charge is 0.360 e. The first-order valence-corrected chi connectivity index (χ1v) is 8.35. The summed E-state index contributed by atoms with van der Waals surface area (Å²) in [4.78, 5) is 4.66. The minimum absolute atomic E-state index is 0.201. The molecule has 22 heavy (non-hydrogen) atoms. The molecule has 0 atom stereocenters. The molecule has 0 saturated heterocycles. The predicted octanol–water partition coefficient (Wildman–Crippen LogP) is 2.67. The van der Waals surface area contributed by atoms with Crippen LogP contribution in [-0.4, -0.2) is 50.1 Å². The first-order chi connectivity index (χ1) is 10.5. The molecule has 5 heteroatoms. The van der Waals surface area contributed by atoms with Gasteiger partial charge in [-0.25, -0.2) is 4.39 Å². The molecule has 0 fully saturated rings. The van der Waals surface area contributed by atoms with Crippen molar-refractivity contribution in [2.75, 3.05) is 40.3 Å². The van der Waals surface area contributed by atoms with Crippen molar-refractivity contribution in [3.63, 3.8) is 0 Å². The molecule has 0 aliphatic carbocycles. The third kappa shape index (κ3) is 2.23. The molecule has 0 bridgehead atoms. The summed E-state index contributed by atoms with van der Waals surface area (Å²) in [5.41, 5.74) is 6.73. The number of hydrogen-bond acceptors (Lipinski definition) is 3. The second kappa shape index (κ2) is 5.18. The Bertz CT molecular complexity index is 676. The molecule has 3 heterocycles. The van der Waals surface area contributed by atoms with Crippen molar-refractivity contribution in [2.24, 2.45) is 0 Å². The first-order valence-electron chi connectivity index (χ1n) is 7.56. The van der Waals surface area contributed by atoms with Crippen molar-refractivity contribution < 1.29 is 4.39 Å². The molecule has 0 aromatic heterocycles.